The topological polar surface area (TPSA) is 120 Å². The van der Waals surface area contributed by atoms with Crippen LogP contribution in [-0.4, -0.2) is 62.8 Å². The van der Waals surface area contributed by atoms with Crippen molar-refractivity contribution in [2.45, 2.75) is 50.2 Å². The third kappa shape index (κ3) is 3.57. The maximum atomic E-state index is 9.88. The molecule has 7 nitrogen and oxygen atoms in total. The van der Waals surface area contributed by atoms with Crippen LogP contribution < -0.4 is 4.74 Å². The van der Waals surface area contributed by atoms with E-state index >= 15 is 0 Å². The average Bonchev–Trinajstić information content (AvgIpc) is 2.55. The molecule has 6 atom stereocenters. The standard InChI is InChI=1S/C15H22O7/c1-2-10(17)8-3-5-9(6-4-8)21-15-14(20)13(19)12(18)11(7-16)22-15/h3-6,10-20H,2,7H2,1H3/t10?,11-,12-,13-,14-,15-/m1/s1. The van der Waals surface area contributed by atoms with Gasteiger partial charge in [-0.25, -0.2) is 0 Å². The Morgan fingerprint density at radius 3 is 2.27 bits per heavy atom. The minimum Gasteiger partial charge on any atom is -0.462 e. The lowest BCUT2D eigenvalue weighted by Gasteiger charge is -2.39. The van der Waals surface area contributed by atoms with Crippen LogP contribution >= 0.6 is 0 Å². The lowest BCUT2D eigenvalue weighted by Crippen LogP contribution is -2.60. The van der Waals surface area contributed by atoms with Gasteiger partial charge in [-0.2, -0.15) is 0 Å². The fourth-order valence-corrected chi connectivity index (χ4v) is 2.30. The minimum atomic E-state index is -1.47. The Bertz CT molecular complexity index is 461. The van der Waals surface area contributed by atoms with Gasteiger partial charge in [0.2, 0.25) is 6.29 Å². The van der Waals surface area contributed by atoms with Crippen LogP contribution in [0.1, 0.15) is 25.0 Å². The lowest BCUT2D eigenvalue weighted by atomic mass is 9.99. The van der Waals surface area contributed by atoms with Gasteiger partial charge in [0.15, 0.2) is 0 Å². The first-order chi connectivity index (χ1) is 10.5. The third-order valence-corrected chi connectivity index (χ3v) is 3.75. The molecule has 1 saturated heterocycles. The van der Waals surface area contributed by atoms with Gasteiger partial charge < -0.3 is 35.0 Å². The van der Waals surface area contributed by atoms with Gasteiger partial charge in [0.05, 0.1) is 12.7 Å². The molecular formula is C15H22O7. The van der Waals surface area contributed by atoms with E-state index in [1.807, 2.05) is 6.92 Å². The van der Waals surface area contributed by atoms with Crippen LogP contribution in [-0.2, 0) is 4.74 Å². The predicted molar refractivity (Wildman–Crippen MR) is 76.1 cm³/mol. The molecule has 0 spiro atoms. The smallest absolute Gasteiger partial charge is 0.229 e. The number of aliphatic hydroxyl groups excluding tert-OH is 5. The van der Waals surface area contributed by atoms with E-state index < -0.39 is 43.4 Å². The van der Waals surface area contributed by atoms with Crippen molar-refractivity contribution in [3.05, 3.63) is 29.8 Å². The highest BCUT2D eigenvalue weighted by molar-refractivity contribution is 5.28. The monoisotopic (exact) mass is 314 g/mol. The number of rotatable bonds is 5. The maximum Gasteiger partial charge on any atom is 0.229 e. The van der Waals surface area contributed by atoms with E-state index in [1.54, 1.807) is 24.3 Å². The van der Waals surface area contributed by atoms with Crippen LogP contribution in [0.25, 0.3) is 0 Å². The summed E-state index contributed by atoms with van der Waals surface area (Å²) in [6.45, 7) is 1.36. The number of aliphatic hydroxyl groups is 5. The SMILES string of the molecule is CCC(O)c1ccc(O[C@@H]2O[C@H](CO)[C@@H](O)[C@@H](O)[C@H]2O)cc1. The summed E-state index contributed by atoms with van der Waals surface area (Å²) < 4.78 is 10.7. The van der Waals surface area contributed by atoms with Gasteiger partial charge in [0.25, 0.3) is 0 Å². The summed E-state index contributed by atoms with van der Waals surface area (Å²) in [6, 6.07) is 6.59. The van der Waals surface area contributed by atoms with Gasteiger partial charge in [-0.05, 0) is 24.1 Å². The average molecular weight is 314 g/mol. The van der Waals surface area contributed by atoms with Crippen molar-refractivity contribution in [1.82, 2.24) is 0 Å². The summed E-state index contributed by atoms with van der Waals surface area (Å²) >= 11 is 0. The molecule has 0 aliphatic carbocycles. The fraction of sp³-hybridized carbons (Fsp3) is 0.600. The highest BCUT2D eigenvalue weighted by Crippen LogP contribution is 2.25. The van der Waals surface area contributed by atoms with Crippen molar-refractivity contribution in [3.63, 3.8) is 0 Å². The molecule has 1 fully saturated rings. The molecule has 5 N–H and O–H groups in total. The van der Waals surface area contributed by atoms with E-state index in [2.05, 4.69) is 0 Å². The Labute approximate surface area is 128 Å². The quantitative estimate of drug-likeness (QED) is 0.488. The van der Waals surface area contributed by atoms with Gasteiger partial charge in [-0.3, -0.25) is 0 Å². The summed E-state index contributed by atoms with van der Waals surface area (Å²) in [5.74, 6) is 0.372. The van der Waals surface area contributed by atoms with Crippen LogP contribution in [0.4, 0.5) is 0 Å². The zero-order valence-electron chi connectivity index (χ0n) is 12.2. The molecule has 1 aliphatic rings. The van der Waals surface area contributed by atoms with Crippen LogP contribution in [0.15, 0.2) is 24.3 Å². The molecule has 124 valence electrons. The largest absolute Gasteiger partial charge is 0.462 e. The molecule has 0 bridgehead atoms. The Morgan fingerprint density at radius 2 is 1.73 bits per heavy atom. The predicted octanol–water partition coefficient (Wildman–Crippen LogP) is -0.691. The third-order valence-electron chi connectivity index (χ3n) is 3.75. The number of benzene rings is 1. The molecule has 1 aliphatic heterocycles. The van der Waals surface area contributed by atoms with E-state index in [0.29, 0.717) is 12.2 Å². The summed E-state index contributed by atoms with van der Waals surface area (Å²) in [4.78, 5) is 0. The Balaban J connectivity index is 2.05. The van der Waals surface area contributed by atoms with Crippen molar-refractivity contribution in [2.24, 2.45) is 0 Å². The fourth-order valence-electron chi connectivity index (χ4n) is 2.30. The second-order valence-electron chi connectivity index (χ2n) is 5.31. The van der Waals surface area contributed by atoms with Gasteiger partial charge in [0.1, 0.15) is 30.2 Å². The van der Waals surface area contributed by atoms with Crippen LogP contribution in [0, 0.1) is 0 Å². The van der Waals surface area contributed by atoms with Crippen molar-refractivity contribution >= 4 is 0 Å². The molecule has 7 heteroatoms. The minimum absolute atomic E-state index is 0.372. The van der Waals surface area contributed by atoms with Gasteiger partial charge in [0, 0.05) is 0 Å². The normalized spacial score (nSPS) is 33.5. The van der Waals surface area contributed by atoms with Crippen LogP contribution in [0.5, 0.6) is 5.75 Å². The first kappa shape index (κ1) is 17.1. The van der Waals surface area contributed by atoms with E-state index in [4.69, 9.17) is 14.6 Å². The van der Waals surface area contributed by atoms with E-state index in [-0.39, 0.29) is 0 Å². The molecule has 1 aromatic rings. The highest BCUT2D eigenvalue weighted by Gasteiger charge is 2.44. The Morgan fingerprint density at radius 1 is 1.09 bits per heavy atom. The highest BCUT2D eigenvalue weighted by atomic mass is 16.7. The van der Waals surface area contributed by atoms with Gasteiger partial charge >= 0.3 is 0 Å². The molecule has 1 aromatic carbocycles. The zero-order chi connectivity index (χ0) is 16.3. The molecule has 1 heterocycles. The van der Waals surface area contributed by atoms with Crippen LogP contribution in [0.2, 0.25) is 0 Å². The Kier molecular flexibility index (Phi) is 5.74. The second-order valence-corrected chi connectivity index (χ2v) is 5.31. The molecule has 2 rings (SSSR count). The number of hydrogen-bond acceptors (Lipinski definition) is 7. The number of hydrogen-bond donors (Lipinski definition) is 5. The summed E-state index contributed by atoms with van der Waals surface area (Å²) in [5.41, 5.74) is 0.739. The summed E-state index contributed by atoms with van der Waals surface area (Å²) in [5, 5.41) is 48.1. The van der Waals surface area contributed by atoms with Crippen molar-refractivity contribution in [1.29, 1.82) is 0 Å². The Hall–Kier alpha value is -1.22. The van der Waals surface area contributed by atoms with E-state index in [9.17, 15) is 20.4 Å². The van der Waals surface area contributed by atoms with Crippen molar-refractivity contribution in [3.8, 4) is 5.75 Å². The maximum absolute atomic E-state index is 9.88. The van der Waals surface area contributed by atoms with E-state index in [0.717, 1.165) is 5.56 Å². The molecule has 0 amide bonds. The summed E-state index contributed by atoms with van der Waals surface area (Å²) in [7, 11) is 0. The molecule has 22 heavy (non-hydrogen) atoms. The number of ether oxygens (including phenoxy) is 2. The van der Waals surface area contributed by atoms with Gasteiger partial charge in [-0.1, -0.05) is 19.1 Å². The second kappa shape index (κ2) is 7.36. The van der Waals surface area contributed by atoms with E-state index in [1.165, 1.54) is 0 Å². The lowest BCUT2D eigenvalue weighted by molar-refractivity contribution is -0.277. The van der Waals surface area contributed by atoms with Crippen molar-refractivity contribution < 1.29 is 35.0 Å². The first-order valence-electron chi connectivity index (χ1n) is 7.23. The molecule has 0 aromatic heterocycles. The van der Waals surface area contributed by atoms with Crippen molar-refractivity contribution in [2.75, 3.05) is 6.61 Å². The first-order valence-corrected chi connectivity index (χ1v) is 7.23. The molecule has 0 radical (unpaired) electrons. The van der Waals surface area contributed by atoms with Crippen LogP contribution in [0.3, 0.4) is 0 Å². The molecule has 1 unspecified atom stereocenters. The molecular weight excluding hydrogens is 292 g/mol. The zero-order valence-corrected chi connectivity index (χ0v) is 12.2. The van der Waals surface area contributed by atoms with Gasteiger partial charge in [-0.15, -0.1) is 0 Å². The molecule has 0 saturated carbocycles. The summed E-state index contributed by atoms with van der Waals surface area (Å²) in [6.07, 6.45) is -6.52.